The fourth-order valence-corrected chi connectivity index (χ4v) is 3.53. The molecule has 0 spiro atoms. The van der Waals surface area contributed by atoms with Gasteiger partial charge in [-0.05, 0) is 38.1 Å². The van der Waals surface area contributed by atoms with Crippen molar-refractivity contribution in [1.82, 2.24) is 14.9 Å². The summed E-state index contributed by atoms with van der Waals surface area (Å²) in [6.07, 6.45) is 15.2. The molecule has 1 saturated heterocycles. The summed E-state index contributed by atoms with van der Waals surface area (Å²) in [5, 5.41) is 3.64. The molecule has 100 valence electrons. The van der Waals surface area contributed by atoms with Crippen molar-refractivity contribution in [2.24, 2.45) is 5.92 Å². The third-order valence-corrected chi connectivity index (χ3v) is 4.59. The van der Waals surface area contributed by atoms with Gasteiger partial charge in [-0.3, -0.25) is 0 Å². The van der Waals surface area contributed by atoms with Gasteiger partial charge in [0.15, 0.2) is 0 Å². The van der Waals surface area contributed by atoms with Crippen molar-refractivity contribution < 1.29 is 0 Å². The van der Waals surface area contributed by atoms with Crippen molar-refractivity contribution in [3.63, 3.8) is 0 Å². The second-order valence-electron chi connectivity index (χ2n) is 5.98. The molecule has 2 heterocycles. The van der Waals surface area contributed by atoms with Crippen LogP contribution in [0.1, 0.15) is 63.1 Å². The first-order valence-corrected chi connectivity index (χ1v) is 7.67. The summed E-state index contributed by atoms with van der Waals surface area (Å²) in [7, 11) is 0. The molecule has 1 aromatic heterocycles. The Balaban J connectivity index is 1.66. The topological polar surface area (TPSA) is 29.9 Å². The van der Waals surface area contributed by atoms with Crippen LogP contribution in [0.15, 0.2) is 12.5 Å². The monoisotopic (exact) mass is 247 g/mol. The first-order chi connectivity index (χ1) is 8.93. The second-order valence-corrected chi connectivity index (χ2v) is 5.98. The zero-order valence-electron chi connectivity index (χ0n) is 11.3. The number of imidazole rings is 1. The molecule has 1 aromatic rings. The van der Waals surface area contributed by atoms with Crippen LogP contribution in [0.3, 0.4) is 0 Å². The summed E-state index contributed by atoms with van der Waals surface area (Å²) in [4.78, 5) is 4.39. The van der Waals surface area contributed by atoms with Gasteiger partial charge in [-0.2, -0.15) is 0 Å². The van der Waals surface area contributed by atoms with E-state index in [2.05, 4.69) is 21.1 Å². The predicted octanol–water partition coefficient (Wildman–Crippen LogP) is 3.28. The van der Waals surface area contributed by atoms with E-state index >= 15 is 0 Å². The Morgan fingerprint density at radius 2 is 1.94 bits per heavy atom. The zero-order chi connectivity index (χ0) is 12.2. The van der Waals surface area contributed by atoms with Gasteiger partial charge in [0.1, 0.15) is 0 Å². The van der Waals surface area contributed by atoms with Crippen LogP contribution >= 0.6 is 0 Å². The summed E-state index contributed by atoms with van der Waals surface area (Å²) in [6, 6.07) is 0.546. The Kier molecular flexibility index (Phi) is 3.99. The van der Waals surface area contributed by atoms with Gasteiger partial charge in [0.25, 0.3) is 0 Å². The molecule has 2 aliphatic rings. The van der Waals surface area contributed by atoms with Crippen LogP contribution in [0.25, 0.3) is 0 Å². The van der Waals surface area contributed by atoms with Crippen molar-refractivity contribution in [3.05, 3.63) is 18.2 Å². The maximum atomic E-state index is 4.39. The normalized spacial score (nSPS) is 26.3. The molecule has 1 N–H and O–H groups in total. The van der Waals surface area contributed by atoms with Gasteiger partial charge in [0.2, 0.25) is 0 Å². The van der Waals surface area contributed by atoms with E-state index in [1.165, 1.54) is 70.2 Å². The first-order valence-electron chi connectivity index (χ1n) is 7.67. The lowest BCUT2D eigenvalue weighted by Gasteiger charge is -2.27. The van der Waals surface area contributed by atoms with Gasteiger partial charge in [-0.1, -0.05) is 25.7 Å². The largest absolute Gasteiger partial charge is 0.333 e. The molecule has 3 rings (SSSR count). The van der Waals surface area contributed by atoms with E-state index in [0.717, 1.165) is 5.92 Å². The molecule has 0 radical (unpaired) electrons. The Morgan fingerprint density at radius 1 is 1.11 bits per heavy atom. The lowest BCUT2D eigenvalue weighted by Crippen LogP contribution is -2.29. The standard InChI is InChI=1S/C15H25N3/c1-2-6-13(7-3-1)11-18-12-16-10-15(18)14-8-4-5-9-17-14/h10,12-14,17H,1-9,11H2. The summed E-state index contributed by atoms with van der Waals surface area (Å²) in [5.41, 5.74) is 1.42. The molecule has 1 aliphatic carbocycles. The number of nitrogens with one attached hydrogen (secondary N) is 1. The molecule has 1 unspecified atom stereocenters. The van der Waals surface area contributed by atoms with Gasteiger partial charge in [0.05, 0.1) is 12.0 Å². The Labute approximate surface area is 110 Å². The summed E-state index contributed by atoms with van der Waals surface area (Å²) in [5.74, 6) is 0.885. The minimum Gasteiger partial charge on any atom is -0.333 e. The highest BCUT2D eigenvalue weighted by Gasteiger charge is 2.20. The Bertz CT molecular complexity index is 360. The lowest BCUT2D eigenvalue weighted by molar-refractivity contribution is 0.307. The molecule has 1 saturated carbocycles. The smallest absolute Gasteiger partial charge is 0.0948 e. The molecule has 1 atom stereocenters. The molecular formula is C15H25N3. The highest BCUT2D eigenvalue weighted by atomic mass is 15.1. The van der Waals surface area contributed by atoms with E-state index in [9.17, 15) is 0 Å². The van der Waals surface area contributed by atoms with Crippen molar-refractivity contribution >= 4 is 0 Å². The number of hydrogen-bond acceptors (Lipinski definition) is 2. The first kappa shape index (κ1) is 12.2. The van der Waals surface area contributed by atoms with Crippen LogP contribution in [0.2, 0.25) is 0 Å². The summed E-state index contributed by atoms with van der Waals surface area (Å²) >= 11 is 0. The molecular weight excluding hydrogens is 222 g/mol. The van der Waals surface area contributed by atoms with Gasteiger partial charge >= 0.3 is 0 Å². The van der Waals surface area contributed by atoms with Crippen LogP contribution in [0, 0.1) is 5.92 Å². The van der Waals surface area contributed by atoms with Gasteiger partial charge < -0.3 is 9.88 Å². The average molecular weight is 247 g/mol. The van der Waals surface area contributed by atoms with Crippen molar-refractivity contribution in [1.29, 1.82) is 0 Å². The van der Waals surface area contributed by atoms with E-state index in [1.807, 2.05) is 6.33 Å². The number of hydrogen-bond donors (Lipinski definition) is 1. The van der Waals surface area contributed by atoms with Crippen LogP contribution in [0.4, 0.5) is 0 Å². The predicted molar refractivity (Wildman–Crippen MR) is 73.4 cm³/mol. The third-order valence-electron chi connectivity index (χ3n) is 4.59. The maximum Gasteiger partial charge on any atom is 0.0948 e. The van der Waals surface area contributed by atoms with E-state index in [4.69, 9.17) is 0 Å². The number of aromatic nitrogens is 2. The minimum absolute atomic E-state index is 0.546. The van der Waals surface area contributed by atoms with Crippen molar-refractivity contribution in [2.75, 3.05) is 6.54 Å². The summed E-state index contributed by atoms with van der Waals surface area (Å²) < 4.78 is 2.42. The fourth-order valence-electron chi connectivity index (χ4n) is 3.53. The highest BCUT2D eigenvalue weighted by Crippen LogP contribution is 2.28. The van der Waals surface area contributed by atoms with Gasteiger partial charge in [0, 0.05) is 18.8 Å². The van der Waals surface area contributed by atoms with E-state index in [-0.39, 0.29) is 0 Å². The number of rotatable bonds is 3. The second kappa shape index (κ2) is 5.87. The van der Waals surface area contributed by atoms with Crippen LogP contribution in [-0.2, 0) is 6.54 Å². The average Bonchev–Trinajstić information content (AvgIpc) is 2.89. The minimum atomic E-state index is 0.546. The van der Waals surface area contributed by atoms with Gasteiger partial charge in [-0.15, -0.1) is 0 Å². The molecule has 0 amide bonds. The zero-order valence-corrected chi connectivity index (χ0v) is 11.3. The van der Waals surface area contributed by atoms with Crippen molar-refractivity contribution in [2.45, 2.75) is 64.0 Å². The van der Waals surface area contributed by atoms with Crippen molar-refractivity contribution in [3.8, 4) is 0 Å². The molecule has 1 aliphatic heterocycles. The molecule has 2 fully saturated rings. The molecule has 3 nitrogen and oxygen atoms in total. The maximum absolute atomic E-state index is 4.39. The van der Waals surface area contributed by atoms with E-state index < -0.39 is 0 Å². The highest BCUT2D eigenvalue weighted by molar-refractivity contribution is 5.06. The van der Waals surface area contributed by atoms with Gasteiger partial charge in [-0.25, -0.2) is 4.98 Å². The Hall–Kier alpha value is -0.830. The summed E-state index contributed by atoms with van der Waals surface area (Å²) in [6.45, 7) is 2.35. The molecule has 3 heteroatoms. The quantitative estimate of drug-likeness (QED) is 0.888. The lowest BCUT2D eigenvalue weighted by atomic mass is 9.89. The Morgan fingerprint density at radius 3 is 2.72 bits per heavy atom. The number of piperidine rings is 1. The molecule has 0 aromatic carbocycles. The third kappa shape index (κ3) is 2.77. The molecule has 18 heavy (non-hydrogen) atoms. The van der Waals surface area contributed by atoms with E-state index in [1.54, 1.807) is 0 Å². The molecule has 0 bridgehead atoms. The number of nitrogens with zero attached hydrogens (tertiary/aromatic N) is 2. The van der Waals surface area contributed by atoms with Crippen LogP contribution in [0.5, 0.6) is 0 Å². The van der Waals surface area contributed by atoms with Crippen LogP contribution < -0.4 is 5.32 Å². The SMILES string of the molecule is c1ncn(CC2CCCCC2)c1C1CCCCN1. The van der Waals surface area contributed by atoms with E-state index in [0.29, 0.717) is 6.04 Å². The fraction of sp³-hybridized carbons (Fsp3) is 0.800. The van der Waals surface area contributed by atoms with Crippen LogP contribution in [-0.4, -0.2) is 16.1 Å².